The second kappa shape index (κ2) is 9.80. The highest BCUT2D eigenvalue weighted by Gasteiger charge is 2.15. The number of ether oxygens (including phenoxy) is 1. The van der Waals surface area contributed by atoms with Gasteiger partial charge in [0.15, 0.2) is 12.4 Å². The fraction of sp³-hybridized carbons (Fsp3) is 0.300. The van der Waals surface area contributed by atoms with Gasteiger partial charge in [0.1, 0.15) is 0 Å². The molecule has 0 fully saturated rings. The van der Waals surface area contributed by atoms with E-state index in [1.807, 2.05) is 19.9 Å². The minimum absolute atomic E-state index is 0.0437. The molecule has 0 aliphatic heterocycles. The highest BCUT2D eigenvalue weighted by molar-refractivity contribution is 7.12. The average Bonchev–Trinajstić information content (AvgIpc) is 2.97. The van der Waals surface area contributed by atoms with Crippen LogP contribution >= 0.6 is 11.3 Å². The van der Waals surface area contributed by atoms with Crippen molar-refractivity contribution in [2.75, 3.05) is 17.2 Å². The van der Waals surface area contributed by atoms with Crippen LogP contribution in [0.25, 0.3) is 0 Å². The number of esters is 1. The number of nitrogens with one attached hydrogen (secondary N) is 2. The van der Waals surface area contributed by atoms with Gasteiger partial charge in [-0.05, 0) is 44.2 Å². The third-order valence-corrected chi connectivity index (χ3v) is 4.72. The molecular formula is C20H22N2O5S. The van der Waals surface area contributed by atoms with Gasteiger partial charge in [0.2, 0.25) is 5.91 Å². The van der Waals surface area contributed by atoms with E-state index in [-0.39, 0.29) is 24.5 Å². The molecule has 148 valence electrons. The van der Waals surface area contributed by atoms with Crippen LogP contribution in [0.1, 0.15) is 39.9 Å². The standard InChI is InChI=1S/C20H22N2O5S/c1-12-10-17(13(2)28-12)18(24)8-9-20(26)27-11-19(25)22-16-6-4-15(5-7-16)21-14(3)23/h4-7,10H,8-9,11H2,1-3H3,(H,21,23)(H,22,25). The zero-order valence-electron chi connectivity index (χ0n) is 16.0. The van der Waals surface area contributed by atoms with Crippen LogP contribution in [-0.4, -0.2) is 30.2 Å². The number of carbonyl (C=O) groups is 4. The van der Waals surface area contributed by atoms with Gasteiger partial charge in [-0.2, -0.15) is 0 Å². The topological polar surface area (TPSA) is 102 Å². The lowest BCUT2D eigenvalue weighted by atomic mass is 10.1. The summed E-state index contributed by atoms with van der Waals surface area (Å²) in [6, 6.07) is 8.34. The van der Waals surface area contributed by atoms with Gasteiger partial charge in [0.25, 0.3) is 5.91 Å². The van der Waals surface area contributed by atoms with Crippen molar-refractivity contribution in [3.05, 3.63) is 45.6 Å². The first-order valence-electron chi connectivity index (χ1n) is 8.68. The highest BCUT2D eigenvalue weighted by atomic mass is 32.1. The SMILES string of the molecule is CC(=O)Nc1ccc(NC(=O)COC(=O)CCC(=O)c2cc(C)sc2C)cc1. The van der Waals surface area contributed by atoms with Crippen molar-refractivity contribution in [1.82, 2.24) is 0 Å². The fourth-order valence-corrected chi connectivity index (χ4v) is 3.46. The number of hydrogen-bond donors (Lipinski definition) is 2. The summed E-state index contributed by atoms with van der Waals surface area (Å²) in [6.45, 7) is 4.77. The van der Waals surface area contributed by atoms with Gasteiger partial charge in [0, 0.05) is 40.0 Å². The Bertz CT molecular complexity index is 887. The maximum absolute atomic E-state index is 12.2. The molecule has 0 saturated carbocycles. The van der Waals surface area contributed by atoms with Gasteiger partial charge in [-0.25, -0.2) is 0 Å². The number of rotatable bonds is 8. The van der Waals surface area contributed by atoms with Crippen molar-refractivity contribution in [3.63, 3.8) is 0 Å². The summed E-state index contributed by atoms with van der Waals surface area (Å²) in [4.78, 5) is 48.7. The Kier molecular flexibility index (Phi) is 7.45. The number of anilines is 2. The largest absolute Gasteiger partial charge is 0.456 e. The zero-order valence-corrected chi connectivity index (χ0v) is 16.8. The number of thiophene rings is 1. The smallest absolute Gasteiger partial charge is 0.306 e. The molecule has 0 aliphatic carbocycles. The summed E-state index contributed by atoms with van der Waals surface area (Å²) in [6.07, 6.45) is -0.0338. The van der Waals surface area contributed by atoms with E-state index in [1.54, 1.807) is 24.3 Å². The van der Waals surface area contributed by atoms with Crippen molar-refractivity contribution < 1.29 is 23.9 Å². The second-order valence-corrected chi connectivity index (χ2v) is 7.68. The third-order valence-electron chi connectivity index (χ3n) is 3.75. The summed E-state index contributed by atoms with van der Waals surface area (Å²) < 4.78 is 4.92. The molecule has 28 heavy (non-hydrogen) atoms. The number of hydrogen-bond acceptors (Lipinski definition) is 6. The maximum atomic E-state index is 12.2. The van der Waals surface area contributed by atoms with Crippen LogP contribution in [0.5, 0.6) is 0 Å². The number of amides is 2. The van der Waals surface area contributed by atoms with E-state index in [0.29, 0.717) is 16.9 Å². The van der Waals surface area contributed by atoms with Crippen molar-refractivity contribution in [2.45, 2.75) is 33.6 Å². The summed E-state index contributed by atoms with van der Waals surface area (Å²) >= 11 is 1.54. The number of aryl methyl sites for hydroxylation is 2. The number of ketones is 1. The Labute approximate surface area is 167 Å². The summed E-state index contributed by atoms with van der Waals surface area (Å²) in [5, 5.41) is 5.20. The van der Waals surface area contributed by atoms with Crippen LogP contribution in [0, 0.1) is 13.8 Å². The second-order valence-electron chi connectivity index (χ2n) is 6.22. The molecule has 2 rings (SSSR count). The zero-order chi connectivity index (χ0) is 20.7. The first-order valence-corrected chi connectivity index (χ1v) is 9.49. The summed E-state index contributed by atoms with van der Waals surface area (Å²) in [5.41, 5.74) is 1.75. The van der Waals surface area contributed by atoms with E-state index in [9.17, 15) is 19.2 Å². The van der Waals surface area contributed by atoms with Crippen LogP contribution in [-0.2, 0) is 19.1 Å². The molecule has 0 atom stereocenters. The van der Waals surface area contributed by atoms with Gasteiger partial charge in [0.05, 0.1) is 6.42 Å². The lowest BCUT2D eigenvalue weighted by Crippen LogP contribution is -2.21. The predicted octanol–water partition coefficient (Wildman–Crippen LogP) is 3.47. The Morgan fingerprint density at radius 3 is 2.11 bits per heavy atom. The van der Waals surface area contributed by atoms with Crippen LogP contribution in [0.15, 0.2) is 30.3 Å². The summed E-state index contributed by atoms with van der Waals surface area (Å²) in [7, 11) is 0. The molecule has 0 spiro atoms. The van der Waals surface area contributed by atoms with Gasteiger partial charge < -0.3 is 15.4 Å². The fourth-order valence-electron chi connectivity index (χ4n) is 2.51. The minimum Gasteiger partial charge on any atom is -0.456 e. The Morgan fingerprint density at radius 1 is 0.964 bits per heavy atom. The minimum atomic E-state index is -0.603. The lowest BCUT2D eigenvalue weighted by Gasteiger charge is -2.08. The van der Waals surface area contributed by atoms with E-state index in [1.165, 1.54) is 18.3 Å². The highest BCUT2D eigenvalue weighted by Crippen LogP contribution is 2.22. The molecule has 2 aromatic rings. The number of Topliss-reactive ketones (excluding diaryl/α,β-unsaturated/α-hetero) is 1. The molecule has 2 amide bonds. The quantitative estimate of drug-likeness (QED) is 0.520. The first-order chi connectivity index (χ1) is 13.2. The Balaban J connectivity index is 1.73. The van der Waals surface area contributed by atoms with Crippen molar-refractivity contribution in [2.24, 2.45) is 0 Å². The van der Waals surface area contributed by atoms with Crippen molar-refractivity contribution >= 4 is 46.3 Å². The molecule has 1 aromatic carbocycles. The van der Waals surface area contributed by atoms with Gasteiger partial charge >= 0.3 is 5.97 Å². The van der Waals surface area contributed by atoms with Crippen molar-refractivity contribution in [1.29, 1.82) is 0 Å². The van der Waals surface area contributed by atoms with Gasteiger partial charge in [-0.1, -0.05) is 0 Å². The molecule has 7 nitrogen and oxygen atoms in total. The molecule has 0 unspecified atom stereocenters. The van der Waals surface area contributed by atoms with E-state index in [4.69, 9.17) is 4.74 Å². The third kappa shape index (κ3) is 6.62. The molecule has 1 aromatic heterocycles. The molecular weight excluding hydrogens is 380 g/mol. The molecule has 1 heterocycles. The number of benzene rings is 1. The Morgan fingerprint density at radius 2 is 1.57 bits per heavy atom. The van der Waals surface area contributed by atoms with Crippen molar-refractivity contribution in [3.8, 4) is 0 Å². The monoisotopic (exact) mass is 402 g/mol. The van der Waals surface area contributed by atoms with Crippen LogP contribution in [0.2, 0.25) is 0 Å². The van der Waals surface area contributed by atoms with E-state index < -0.39 is 18.5 Å². The summed E-state index contributed by atoms with van der Waals surface area (Å²) in [5.74, 6) is -1.39. The molecule has 0 radical (unpaired) electrons. The molecule has 0 aliphatic rings. The van der Waals surface area contributed by atoms with Crippen LogP contribution in [0.3, 0.4) is 0 Å². The average molecular weight is 402 g/mol. The van der Waals surface area contributed by atoms with Crippen LogP contribution < -0.4 is 10.6 Å². The van der Waals surface area contributed by atoms with Gasteiger partial charge in [-0.3, -0.25) is 19.2 Å². The van der Waals surface area contributed by atoms with Gasteiger partial charge in [-0.15, -0.1) is 11.3 Å². The predicted molar refractivity (Wildman–Crippen MR) is 108 cm³/mol. The Hall–Kier alpha value is -3.00. The maximum Gasteiger partial charge on any atom is 0.306 e. The van der Waals surface area contributed by atoms with E-state index in [2.05, 4.69) is 10.6 Å². The van der Waals surface area contributed by atoms with Crippen LogP contribution in [0.4, 0.5) is 11.4 Å². The normalized spacial score (nSPS) is 10.2. The molecule has 2 N–H and O–H groups in total. The molecule has 0 saturated heterocycles. The first kappa shape index (κ1) is 21.3. The van der Waals surface area contributed by atoms with E-state index >= 15 is 0 Å². The lowest BCUT2D eigenvalue weighted by molar-refractivity contribution is -0.147. The number of carbonyl (C=O) groups excluding carboxylic acids is 4. The molecule has 8 heteroatoms. The van der Waals surface area contributed by atoms with E-state index in [0.717, 1.165) is 9.75 Å². The molecule has 0 bridgehead atoms.